The molecule has 384 valence electrons. The van der Waals surface area contributed by atoms with Crippen molar-refractivity contribution in [1.29, 1.82) is 0 Å². The molecule has 0 aromatic carbocycles. The Balaban J connectivity index is 0.985. The second-order valence-electron chi connectivity index (χ2n) is 22.9. The third-order valence-electron chi connectivity index (χ3n) is 19.7. The van der Waals surface area contributed by atoms with Gasteiger partial charge in [0.25, 0.3) is 0 Å². The Morgan fingerprint density at radius 1 is 0.701 bits per heavy atom. The van der Waals surface area contributed by atoms with Crippen LogP contribution in [0.25, 0.3) is 0 Å². The van der Waals surface area contributed by atoms with E-state index in [1.54, 1.807) is 0 Å². The quantitative estimate of drug-likeness (QED) is 0.0971. The minimum atomic E-state index is -1.86. The predicted octanol–water partition coefficient (Wildman–Crippen LogP) is -1.03. The lowest BCUT2D eigenvalue weighted by molar-refractivity contribution is -0.361. The molecule has 4 saturated carbocycles. The van der Waals surface area contributed by atoms with Crippen molar-refractivity contribution >= 4 is 5.97 Å². The highest BCUT2D eigenvalue weighted by Crippen LogP contribution is 2.76. The van der Waals surface area contributed by atoms with Crippen molar-refractivity contribution in [2.45, 2.75) is 204 Å². The molecular formula is C48H78O19. The Hall–Kier alpha value is -1.47. The van der Waals surface area contributed by atoms with E-state index in [9.17, 15) is 61.3 Å². The maximum Gasteiger partial charge on any atom is 0.315 e. The zero-order chi connectivity index (χ0) is 49.1. The summed E-state index contributed by atoms with van der Waals surface area (Å²) in [6.45, 7) is 13.0. The first kappa shape index (κ1) is 51.9. The van der Waals surface area contributed by atoms with Gasteiger partial charge in [-0.1, -0.05) is 53.2 Å². The summed E-state index contributed by atoms with van der Waals surface area (Å²) < 4.78 is 34.7. The SMILES string of the molecule is C[C@H]1[C@H](C)CC[C@]2(C(=O)O[C@@H]3O[C@H](CO[C@@H]4O[C@H](CO)[C@@H](O[C@@H]5O[C@@H](C)[C@H](O)[C@@H](O)[C@H]5O)[C@H](O)[C@H]4O)[C@@H](O)[C@H](O)[C@H]3O)CC[C@]3(C)C(=CC[C@@H]4[C@@]5(C)C[C@@H](O)[C@@H](O)[C@@](C)(CO)[C@@H]5CC[C@]43C)[C@H]12. The van der Waals surface area contributed by atoms with Crippen LogP contribution in [-0.4, -0.2) is 191 Å². The van der Waals surface area contributed by atoms with Gasteiger partial charge in [-0.2, -0.15) is 0 Å². The summed E-state index contributed by atoms with van der Waals surface area (Å²) in [4.78, 5) is 15.0. The highest BCUT2D eigenvalue weighted by molar-refractivity contribution is 5.79. The molecule has 0 bridgehead atoms. The van der Waals surface area contributed by atoms with Crippen LogP contribution in [0.5, 0.6) is 0 Å². The Kier molecular flexibility index (Phi) is 14.4. The zero-order valence-corrected chi connectivity index (χ0v) is 39.8. The molecule has 3 heterocycles. The van der Waals surface area contributed by atoms with Crippen LogP contribution in [-0.2, 0) is 33.2 Å². The average Bonchev–Trinajstić information content (AvgIpc) is 3.29. The van der Waals surface area contributed by atoms with E-state index in [0.717, 1.165) is 19.3 Å². The molecule has 19 nitrogen and oxygen atoms in total. The molecule has 12 N–H and O–H groups in total. The van der Waals surface area contributed by atoms with Gasteiger partial charge in [0, 0.05) is 5.41 Å². The van der Waals surface area contributed by atoms with Crippen LogP contribution in [0.2, 0.25) is 0 Å². The van der Waals surface area contributed by atoms with E-state index in [2.05, 4.69) is 40.7 Å². The lowest BCUT2D eigenvalue weighted by Crippen LogP contribution is -2.68. The fraction of sp³-hybridized carbons (Fsp3) is 0.938. The van der Waals surface area contributed by atoms with Gasteiger partial charge < -0.3 is 89.7 Å². The molecule has 7 fully saturated rings. The normalized spacial score (nSPS) is 56.7. The van der Waals surface area contributed by atoms with Crippen molar-refractivity contribution in [2.24, 2.45) is 56.7 Å². The standard InChI is InChI=1S/C48H78O19/c1-20-10-13-48(15-14-46(6)23(29(48)21(20)2)8-9-28-44(4)16-24(51)39(60)45(5,19-50)27(44)11-12-47(28,46)7)43(61)67-42-36(58)33(55)31(53)26(65-42)18-62-40-37(59)34(56)38(25(17-49)64-40)66-41-35(57)32(54)30(52)22(3)63-41/h8,20-22,24-42,49-60H,9-19H2,1-7H3/t20-,21+,22+,24-,25-,26-,27-,28-,29+,30+,31-,32-,33+,34-,35-,36-,37-,38-,39-,40-,41+,42+,44+,45+,46-,47-,48+/m1/s1. The number of fused-ring (bicyclic) bond motifs is 7. The van der Waals surface area contributed by atoms with E-state index in [4.69, 9.17) is 28.4 Å². The first-order chi connectivity index (χ1) is 31.4. The Morgan fingerprint density at radius 2 is 1.34 bits per heavy atom. The number of carbonyl (C=O) groups excluding carboxylic acids is 1. The van der Waals surface area contributed by atoms with Crippen LogP contribution in [0, 0.1) is 56.7 Å². The van der Waals surface area contributed by atoms with Crippen LogP contribution >= 0.6 is 0 Å². The number of carbonyl (C=O) groups is 1. The minimum Gasteiger partial charge on any atom is -0.432 e. The number of rotatable bonds is 9. The summed E-state index contributed by atoms with van der Waals surface area (Å²) in [5.74, 6) is -0.386. The molecule has 8 rings (SSSR count). The van der Waals surface area contributed by atoms with Crippen LogP contribution in [0.1, 0.15) is 99.8 Å². The van der Waals surface area contributed by atoms with Crippen LogP contribution < -0.4 is 0 Å². The van der Waals surface area contributed by atoms with Crippen molar-refractivity contribution in [2.75, 3.05) is 19.8 Å². The van der Waals surface area contributed by atoms with Crippen LogP contribution in [0.3, 0.4) is 0 Å². The maximum absolute atomic E-state index is 15.0. The highest BCUT2D eigenvalue weighted by Gasteiger charge is 2.71. The van der Waals surface area contributed by atoms with E-state index in [-0.39, 0.29) is 52.4 Å². The highest BCUT2D eigenvalue weighted by atomic mass is 16.8. The molecule has 0 aromatic heterocycles. The third kappa shape index (κ3) is 7.92. The largest absolute Gasteiger partial charge is 0.432 e. The van der Waals surface area contributed by atoms with E-state index in [0.29, 0.717) is 32.1 Å². The van der Waals surface area contributed by atoms with E-state index < -0.39 is 134 Å². The lowest BCUT2D eigenvalue weighted by atomic mass is 9.33. The molecule has 0 aromatic rings. The summed E-state index contributed by atoms with van der Waals surface area (Å²) in [5, 5.41) is 130. The third-order valence-corrected chi connectivity index (χ3v) is 19.7. The van der Waals surface area contributed by atoms with Crippen molar-refractivity contribution in [3.63, 3.8) is 0 Å². The molecule has 0 amide bonds. The Morgan fingerprint density at radius 3 is 2.01 bits per heavy atom. The zero-order valence-electron chi connectivity index (χ0n) is 39.8. The number of aliphatic hydroxyl groups excluding tert-OH is 12. The number of aliphatic hydroxyl groups is 12. The van der Waals surface area contributed by atoms with Crippen molar-refractivity contribution in [1.82, 2.24) is 0 Å². The van der Waals surface area contributed by atoms with Gasteiger partial charge in [0.1, 0.15) is 67.1 Å². The van der Waals surface area contributed by atoms with Gasteiger partial charge in [0.2, 0.25) is 6.29 Å². The first-order valence-electron chi connectivity index (χ1n) is 24.5. The number of allylic oxidation sites excluding steroid dienone is 2. The molecule has 19 heteroatoms. The molecule has 0 spiro atoms. The average molecular weight is 959 g/mol. The second-order valence-corrected chi connectivity index (χ2v) is 22.9. The smallest absolute Gasteiger partial charge is 0.315 e. The number of hydrogen-bond donors (Lipinski definition) is 12. The number of ether oxygens (including phenoxy) is 6. The van der Waals surface area contributed by atoms with Crippen molar-refractivity contribution in [3.05, 3.63) is 11.6 Å². The topological polar surface area (TPSA) is 315 Å². The number of hydrogen-bond acceptors (Lipinski definition) is 19. The molecule has 27 atom stereocenters. The molecule has 67 heavy (non-hydrogen) atoms. The summed E-state index contributed by atoms with van der Waals surface area (Å²) in [7, 11) is 0. The molecule has 0 radical (unpaired) electrons. The second kappa shape index (κ2) is 18.5. The van der Waals surface area contributed by atoms with Crippen LogP contribution in [0.4, 0.5) is 0 Å². The van der Waals surface area contributed by atoms with Gasteiger partial charge >= 0.3 is 5.97 Å². The van der Waals surface area contributed by atoms with E-state index in [1.807, 2.05) is 6.92 Å². The first-order valence-corrected chi connectivity index (χ1v) is 24.5. The molecular weight excluding hydrogens is 881 g/mol. The fourth-order valence-corrected chi connectivity index (χ4v) is 15.2. The molecule has 0 unspecified atom stereocenters. The van der Waals surface area contributed by atoms with E-state index >= 15 is 4.79 Å². The predicted molar refractivity (Wildman–Crippen MR) is 231 cm³/mol. The molecule has 3 saturated heterocycles. The van der Waals surface area contributed by atoms with Gasteiger partial charge in [-0.3, -0.25) is 4.79 Å². The lowest BCUT2D eigenvalue weighted by Gasteiger charge is -2.71. The van der Waals surface area contributed by atoms with Gasteiger partial charge in [-0.05, 0) is 104 Å². The van der Waals surface area contributed by atoms with Gasteiger partial charge in [-0.15, -0.1) is 0 Å². The maximum atomic E-state index is 15.0. The van der Waals surface area contributed by atoms with Crippen molar-refractivity contribution < 1.29 is 94.5 Å². The molecule has 8 aliphatic rings. The van der Waals surface area contributed by atoms with Crippen molar-refractivity contribution in [3.8, 4) is 0 Å². The molecule has 5 aliphatic carbocycles. The summed E-state index contributed by atoms with van der Waals surface area (Å²) in [6, 6.07) is 0. The monoisotopic (exact) mass is 959 g/mol. The molecule has 3 aliphatic heterocycles. The summed E-state index contributed by atoms with van der Waals surface area (Å²) in [5.41, 5.74) is -1.64. The minimum absolute atomic E-state index is 0.0112. The summed E-state index contributed by atoms with van der Waals surface area (Å²) >= 11 is 0. The van der Waals surface area contributed by atoms with Gasteiger partial charge in [-0.25, -0.2) is 0 Å². The summed E-state index contributed by atoms with van der Waals surface area (Å²) in [6.07, 6.45) is -18.9. The van der Waals surface area contributed by atoms with Gasteiger partial charge in [0.15, 0.2) is 12.6 Å². The Labute approximate surface area is 392 Å². The van der Waals surface area contributed by atoms with E-state index in [1.165, 1.54) is 12.5 Å². The fourth-order valence-electron chi connectivity index (χ4n) is 15.2. The number of esters is 1. The van der Waals surface area contributed by atoms with Crippen LogP contribution in [0.15, 0.2) is 11.6 Å². The Bertz CT molecular complexity index is 1820. The van der Waals surface area contributed by atoms with Gasteiger partial charge in [0.05, 0.1) is 43.5 Å².